The third kappa shape index (κ3) is 3.66. The molecule has 1 rings (SSSR count). The molecule has 0 aliphatic heterocycles. The number of carbonyl (C=O) groups excluding carboxylic acids is 1. The summed E-state index contributed by atoms with van der Waals surface area (Å²) in [4.78, 5) is 11.5. The van der Waals surface area contributed by atoms with E-state index in [1.54, 1.807) is 10.9 Å². The molecule has 0 atom stereocenters. The summed E-state index contributed by atoms with van der Waals surface area (Å²) < 4.78 is 2.62. The van der Waals surface area contributed by atoms with Crippen LogP contribution in [-0.4, -0.2) is 22.2 Å². The highest BCUT2D eigenvalue weighted by atomic mass is 79.9. The number of carbonyl (C=O) groups is 1. The van der Waals surface area contributed by atoms with Crippen LogP contribution in [0.5, 0.6) is 0 Å². The molecule has 0 bridgehead atoms. The first-order valence-electron chi connectivity index (χ1n) is 5.09. The number of amides is 1. The Bertz CT molecular complexity index is 335. The SMILES string of the molecule is CCCCNC(=O)Cn1ncc(Br)c1C. The second kappa shape index (κ2) is 5.90. The number of aromatic nitrogens is 2. The number of rotatable bonds is 5. The summed E-state index contributed by atoms with van der Waals surface area (Å²) in [5.74, 6) is 0.0159. The van der Waals surface area contributed by atoms with Gasteiger partial charge in [-0.25, -0.2) is 0 Å². The minimum absolute atomic E-state index is 0.0159. The fraction of sp³-hybridized carbons (Fsp3) is 0.600. The Morgan fingerprint density at radius 1 is 1.67 bits per heavy atom. The lowest BCUT2D eigenvalue weighted by Gasteiger charge is -2.05. The van der Waals surface area contributed by atoms with Crippen molar-refractivity contribution in [3.63, 3.8) is 0 Å². The molecule has 0 saturated heterocycles. The summed E-state index contributed by atoms with van der Waals surface area (Å²) >= 11 is 3.35. The first-order chi connectivity index (χ1) is 7.15. The van der Waals surface area contributed by atoms with E-state index in [4.69, 9.17) is 0 Å². The molecule has 0 saturated carbocycles. The van der Waals surface area contributed by atoms with Crippen LogP contribution < -0.4 is 5.32 Å². The molecule has 0 aliphatic carbocycles. The summed E-state index contributed by atoms with van der Waals surface area (Å²) in [5, 5.41) is 6.95. The molecular formula is C10H16BrN3O. The van der Waals surface area contributed by atoms with Gasteiger partial charge < -0.3 is 5.32 Å². The van der Waals surface area contributed by atoms with Crippen molar-refractivity contribution in [1.29, 1.82) is 0 Å². The third-order valence-corrected chi connectivity index (χ3v) is 2.97. The van der Waals surface area contributed by atoms with Crippen LogP contribution in [-0.2, 0) is 11.3 Å². The highest BCUT2D eigenvalue weighted by molar-refractivity contribution is 9.10. The maximum absolute atomic E-state index is 11.5. The largest absolute Gasteiger partial charge is 0.354 e. The Balaban J connectivity index is 2.41. The number of nitrogens with one attached hydrogen (secondary N) is 1. The number of halogens is 1. The van der Waals surface area contributed by atoms with Gasteiger partial charge in [0.05, 0.1) is 16.4 Å². The summed E-state index contributed by atoms with van der Waals surface area (Å²) in [7, 11) is 0. The van der Waals surface area contributed by atoms with E-state index in [9.17, 15) is 4.79 Å². The van der Waals surface area contributed by atoms with Crippen LogP contribution >= 0.6 is 15.9 Å². The number of hydrogen-bond donors (Lipinski definition) is 1. The van der Waals surface area contributed by atoms with E-state index in [0.717, 1.165) is 29.6 Å². The molecule has 0 unspecified atom stereocenters. The van der Waals surface area contributed by atoms with E-state index >= 15 is 0 Å². The van der Waals surface area contributed by atoms with Gasteiger partial charge in [-0.05, 0) is 29.3 Å². The van der Waals surface area contributed by atoms with Crippen LogP contribution in [0.3, 0.4) is 0 Å². The topological polar surface area (TPSA) is 46.9 Å². The Morgan fingerprint density at radius 3 is 2.93 bits per heavy atom. The standard InChI is InChI=1S/C10H16BrN3O/c1-3-4-5-12-10(15)7-14-8(2)9(11)6-13-14/h6H,3-5,7H2,1-2H3,(H,12,15). The first kappa shape index (κ1) is 12.2. The fourth-order valence-electron chi connectivity index (χ4n) is 1.18. The number of hydrogen-bond acceptors (Lipinski definition) is 2. The predicted octanol–water partition coefficient (Wildman–Crippen LogP) is 1.87. The molecule has 5 heteroatoms. The molecule has 15 heavy (non-hydrogen) atoms. The second-order valence-electron chi connectivity index (χ2n) is 3.44. The van der Waals surface area contributed by atoms with Crippen molar-refractivity contribution in [2.75, 3.05) is 6.54 Å². The van der Waals surface area contributed by atoms with Crippen molar-refractivity contribution in [3.05, 3.63) is 16.4 Å². The predicted molar refractivity (Wildman–Crippen MR) is 62.6 cm³/mol. The van der Waals surface area contributed by atoms with Crippen molar-refractivity contribution < 1.29 is 4.79 Å². The Hall–Kier alpha value is -0.840. The highest BCUT2D eigenvalue weighted by Gasteiger charge is 2.07. The van der Waals surface area contributed by atoms with Gasteiger partial charge in [-0.1, -0.05) is 13.3 Å². The van der Waals surface area contributed by atoms with Gasteiger partial charge >= 0.3 is 0 Å². The van der Waals surface area contributed by atoms with E-state index < -0.39 is 0 Å². The molecule has 0 aromatic carbocycles. The monoisotopic (exact) mass is 273 g/mol. The number of unbranched alkanes of at least 4 members (excludes halogenated alkanes) is 1. The summed E-state index contributed by atoms with van der Waals surface area (Å²) in [5.41, 5.74) is 0.973. The van der Waals surface area contributed by atoms with E-state index in [0.29, 0.717) is 6.54 Å². The van der Waals surface area contributed by atoms with Gasteiger partial charge in [0.1, 0.15) is 6.54 Å². The molecular weight excluding hydrogens is 258 g/mol. The molecule has 84 valence electrons. The zero-order valence-corrected chi connectivity index (χ0v) is 10.7. The molecule has 1 aromatic heterocycles. The maximum Gasteiger partial charge on any atom is 0.241 e. The van der Waals surface area contributed by atoms with E-state index in [1.165, 1.54) is 0 Å². The zero-order chi connectivity index (χ0) is 11.3. The third-order valence-electron chi connectivity index (χ3n) is 2.19. The van der Waals surface area contributed by atoms with E-state index in [-0.39, 0.29) is 5.91 Å². The average molecular weight is 274 g/mol. The molecule has 0 aliphatic rings. The van der Waals surface area contributed by atoms with Crippen molar-refractivity contribution in [1.82, 2.24) is 15.1 Å². The van der Waals surface area contributed by atoms with Crippen molar-refractivity contribution >= 4 is 21.8 Å². The van der Waals surface area contributed by atoms with E-state index in [2.05, 4.69) is 33.3 Å². The summed E-state index contributed by atoms with van der Waals surface area (Å²) in [6, 6.07) is 0. The minimum Gasteiger partial charge on any atom is -0.354 e. The van der Waals surface area contributed by atoms with Gasteiger partial charge in [0.2, 0.25) is 5.91 Å². The summed E-state index contributed by atoms with van der Waals surface area (Å²) in [6.07, 6.45) is 3.81. The average Bonchev–Trinajstić information content (AvgIpc) is 2.50. The van der Waals surface area contributed by atoms with Crippen molar-refractivity contribution in [3.8, 4) is 0 Å². The molecule has 0 radical (unpaired) electrons. The Labute approximate surface area is 98.2 Å². The van der Waals surface area contributed by atoms with Crippen LogP contribution in [0.1, 0.15) is 25.5 Å². The van der Waals surface area contributed by atoms with Crippen LogP contribution in [0.4, 0.5) is 0 Å². The lowest BCUT2D eigenvalue weighted by atomic mass is 10.3. The molecule has 1 N–H and O–H groups in total. The fourth-order valence-corrected chi connectivity index (χ4v) is 1.48. The van der Waals surface area contributed by atoms with E-state index in [1.807, 2.05) is 6.92 Å². The van der Waals surface area contributed by atoms with Crippen molar-refractivity contribution in [2.45, 2.75) is 33.2 Å². The van der Waals surface area contributed by atoms with Gasteiger partial charge in [-0.15, -0.1) is 0 Å². The second-order valence-corrected chi connectivity index (χ2v) is 4.29. The van der Waals surface area contributed by atoms with Gasteiger partial charge in [-0.2, -0.15) is 5.10 Å². The zero-order valence-electron chi connectivity index (χ0n) is 9.09. The molecule has 1 heterocycles. The van der Waals surface area contributed by atoms with Gasteiger partial charge in [0.15, 0.2) is 0 Å². The van der Waals surface area contributed by atoms with Gasteiger partial charge in [-0.3, -0.25) is 9.48 Å². The minimum atomic E-state index is 0.0159. The number of nitrogens with zero attached hydrogens (tertiary/aromatic N) is 2. The van der Waals surface area contributed by atoms with Crippen LogP contribution in [0.15, 0.2) is 10.7 Å². The Kier molecular flexibility index (Phi) is 4.81. The van der Waals surface area contributed by atoms with Crippen LogP contribution in [0.25, 0.3) is 0 Å². The maximum atomic E-state index is 11.5. The molecule has 1 aromatic rings. The summed E-state index contributed by atoms with van der Waals surface area (Å²) in [6.45, 7) is 5.06. The molecule has 0 fully saturated rings. The lowest BCUT2D eigenvalue weighted by Crippen LogP contribution is -2.29. The van der Waals surface area contributed by atoms with Crippen LogP contribution in [0, 0.1) is 6.92 Å². The molecule has 0 spiro atoms. The molecule has 4 nitrogen and oxygen atoms in total. The molecule has 1 amide bonds. The van der Waals surface area contributed by atoms with Gasteiger partial charge in [0.25, 0.3) is 0 Å². The normalized spacial score (nSPS) is 10.3. The smallest absolute Gasteiger partial charge is 0.241 e. The van der Waals surface area contributed by atoms with Gasteiger partial charge in [0, 0.05) is 6.54 Å². The lowest BCUT2D eigenvalue weighted by molar-refractivity contribution is -0.121. The quantitative estimate of drug-likeness (QED) is 0.833. The Morgan fingerprint density at radius 2 is 2.40 bits per heavy atom. The van der Waals surface area contributed by atoms with Crippen molar-refractivity contribution in [2.24, 2.45) is 0 Å². The first-order valence-corrected chi connectivity index (χ1v) is 5.89. The highest BCUT2D eigenvalue weighted by Crippen LogP contribution is 2.13. The van der Waals surface area contributed by atoms with Crippen LogP contribution in [0.2, 0.25) is 0 Å².